The van der Waals surface area contributed by atoms with E-state index >= 15 is 0 Å². The van der Waals surface area contributed by atoms with Gasteiger partial charge in [0.25, 0.3) is 5.56 Å². The van der Waals surface area contributed by atoms with Crippen LogP contribution in [-0.2, 0) is 9.47 Å². The molecule has 2 heterocycles. The second-order valence-corrected chi connectivity index (χ2v) is 5.03. The quantitative estimate of drug-likeness (QED) is 0.739. The first-order valence-corrected chi connectivity index (χ1v) is 6.26. The number of aromatic nitrogens is 2. The summed E-state index contributed by atoms with van der Waals surface area (Å²) in [6.07, 6.45) is 1.19. The van der Waals surface area contributed by atoms with Crippen LogP contribution in [0.1, 0.15) is 12.6 Å². The minimum atomic E-state index is -0.616. The summed E-state index contributed by atoms with van der Waals surface area (Å²) in [6, 6.07) is 1.27. The summed E-state index contributed by atoms with van der Waals surface area (Å²) in [5.41, 5.74) is -0.982. The number of H-pyrrole nitrogens is 1. The molecule has 0 aromatic carbocycles. The van der Waals surface area contributed by atoms with Crippen LogP contribution in [0.5, 0.6) is 0 Å². The molecular weight excluding hydrogens is 252 g/mol. The van der Waals surface area contributed by atoms with Crippen molar-refractivity contribution >= 4 is 0 Å². The molecular formula is C12H16N2O5. The molecule has 1 saturated carbocycles. The predicted octanol–water partition coefficient (Wildman–Crippen LogP) is -0.923. The predicted molar refractivity (Wildman–Crippen MR) is 64.7 cm³/mol. The molecule has 0 bridgehead atoms. The highest BCUT2D eigenvalue weighted by atomic mass is 16.6. The van der Waals surface area contributed by atoms with E-state index in [4.69, 9.17) is 9.47 Å². The summed E-state index contributed by atoms with van der Waals surface area (Å²) in [4.78, 5) is 25.1. The maximum atomic E-state index is 11.8. The highest BCUT2D eigenvalue weighted by Gasteiger charge is 2.56. The zero-order valence-electron chi connectivity index (χ0n) is 10.5. The van der Waals surface area contributed by atoms with E-state index < -0.39 is 17.5 Å². The first-order chi connectivity index (χ1) is 9.15. The Balaban J connectivity index is 1.96. The van der Waals surface area contributed by atoms with Crippen molar-refractivity contribution in [3.8, 4) is 0 Å². The van der Waals surface area contributed by atoms with Gasteiger partial charge in [0.05, 0.1) is 12.7 Å². The van der Waals surface area contributed by atoms with Crippen LogP contribution in [0.2, 0.25) is 0 Å². The monoisotopic (exact) mass is 268 g/mol. The molecule has 7 heteroatoms. The van der Waals surface area contributed by atoms with Crippen molar-refractivity contribution in [3.63, 3.8) is 0 Å². The Morgan fingerprint density at radius 1 is 1.53 bits per heavy atom. The maximum absolute atomic E-state index is 11.8. The molecule has 19 heavy (non-hydrogen) atoms. The molecule has 0 amide bonds. The van der Waals surface area contributed by atoms with E-state index in [1.165, 1.54) is 16.8 Å². The van der Waals surface area contributed by atoms with Crippen LogP contribution < -0.4 is 11.2 Å². The number of ether oxygens (including phenoxy) is 2. The zero-order valence-corrected chi connectivity index (χ0v) is 10.5. The number of methoxy groups -OCH3 is 1. The van der Waals surface area contributed by atoms with E-state index in [-0.39, 0.29) is 18.8 Å². The molecule has 2 N–H and O–H groups in total. The minimum Gasteiger partial charge on any atom is -0.394 e. The van der Waals surface area contributed by atoms with Crippen molar-refractivity contribution in [2.24, 2.45) is 11.8 Å². The molecule has 1 aromatic heterocycles. The largest absolute Gasteiger partial charge is 0.394 e. The Kier molecular flexibility index (Phi) is 3.04. The van der Waals surface area contributed by atoms with E-state index in [0.717, 1.165) is 6.42 Å². The number of aromatic amines is 1. The molecule has 1 aromatic rings. The fourth-order valence-corrected chi connectivity index (χ4v) is 2.93. The summed E-state index contributed by atoms with van der Waals surface area (Å²) in [5.74, 6) is 0.587. The molecule has 7 nitrogen and oxygen atoms in total. The molecule has 104 valence electrons. The Morgan fingerprint density at radius 2 is 2.32 bits per heavy atom. The van der Waals surface area contributed by atoms with Crippen LogP contribution in [0.25, 0.3) is 0 Å². The fourth-order valence-electron chi connectivity index (χ4n) is 2.93. The van der Waals surface area contributed by atoms with Crippen molar-refractivity contribution in [2.45, 2.75) is 24.9 Å². The van der Waals surface area contributed by atoms with Gasteiger partial charge in [-0.1, -0.05) is 0 Å². The summed E-state index contributed by atoms with van der Waals surface area (Å²) in [6.45, 7) is -0.0772. The van der Waals surface area contributed by atoms with Gasteiger partial charge in [0.1, 0.15) is 6.10 Å². The van der Waals surface area contributed by atoms with Crippen LogP contribution in [0.4, 0.5) is 0 Å². The van der Waals surface area contributed by atoms with Gasteiger partial charge in [0, 0.05) is 19.4 Å². The molecule has 1 saturated heterocycles. The zero-order chi connectivity index (χ0) is 13.6. The average Bonchev–Trinajstić information content (AvgIpc) is 3.17. The van der Waals surface area contributed by atoms with Gasteiger partial charge < -0.3 is 14.6 Å². The van der Waals surface area contributed by atoms with Crippen LogP contribution >= 0.6 is 0 Å². The lowest BCUT2D eigenvalue weighted by atomic mass is 10.1. The standard InChI is InChI=1S/C12H16N2O5/c1-18-10-7-4-6(7)8(5-15)19-11(10)14-3-2-9(16)13-12(14)17/h2-3,6-8,10-11,15H,4-5H2,1H3,(H,13,16,17)/t6?,7?,8-,10?,11-/m1/s1. The van der Waals surface area contributed by atoms with Gasteiger partial charge in [-0.15, -0.1) is 0 Å². The van der Waals surface area contributed by atoms with Crippen LogP contribution in [0.3, 0.4) is 0 Å². The summed E-state index contributed by atoms with van der Waals surface area (Å²) in [7, 11) is 1.58. The SMILES string of the molecule is COC1C2CC2[C@@H](CO)O[C@H]1n1ccc(=O)[nH]c1=O. The summed E-state index contributed by atoms with van der Waals surface area (Å²) in [5, 5.41) is 9.31. The molecule has 0 spiro atoms. The van der Waals surface area contributed by atoms with Gasteiger partial charge in [-0.25, -0.2) is 4.79 Å². The molecule has 0 radical (unpaired) electrons. The third kappa shape index (κ3) is 2.03. The normalized spacial score (nSPS) is 36.8. The van der Waals surface area contributed by atoms with Gasteiger partial charge in [-0.2, -0.15) is 0 Å². The number of nitrogens with one attached hydrogen (secondary N) is 1. The Morgan fingerprint density at radius 3 is 2.95 bits per heavy atom. The van der Waals surface area contributed by atoms with Crippen molar-refractivity contribution < 1.29 is 14.6 Å². The molecule has 2 aliphatic rings. The number of fused-ring (bicyclic) bond motifs is 1. The summed E-state index contributed by atoms with van der Waals surface area (Å²) < 4.78 is 12.5. The number of rotatable bonds is 3. The molecule has 1 aliphatic heterocycles. The van der Waals surface area contributed by atoms with Crippen molar-refractivity contribution in [1.29, 1.82) is 0 Å². The second-order valence-electron chi connectivity index (χ2n) is 5.03. The highest BCUT2D eigenvalue weighted by molar-refractivity contribution is 5.03. The summed E-state index contributed by atoms with van der Waals surface area (Å²) >= 11 is 0. The minimum absolute atomic E-state index is 0.0772. The van der Waals surface area contributed by atoms with E-state index in [9.17, 15) is 14.7 Å². The third-order valence-corrected chi connectivity index (χ3v) is 3.96. The van der Waals surface area contributed by atoms with Crippen LogP contribution in [0, 0.1) is 11.8 Å². The fraction of sp³-hybridized carbons (Fsp3) is 0.667. The van der Waals surface area contributed by atoms with Crippen molar-refractivity contribution in [2.75, 3.05) is 13.7 Å². The van der Waals surface area contributed by atoms with Gasteiger partial charge >= 0.3 is 5.69 Å². The van der Waals surface area contributed by atoms with Gasteiger partial charge in [-0.05, 0) is 18.3 Å². The first-order valence-electron chi connectivity index (χ1n) is 6.26. The number of aliphatic hydroxyl groups is 1. The second kappa shape index (κ2) is 4.59. The van der Waals surface area contributed by atoms with Gasteiger partial charge in [0.2, 0.25) is 0 Å². The lowest BCUT2D eigenvalue weighted by Crippen LogP contribution is -2.45. The lowest BCUT2D eigenvalue weighted by molar-refractivity contribution is -0.180. The molecule has 3 unspecified atom stereocenters. The Bertz CT molecular complexity index is 580. The average molecular weight is 268 g/mol. The topological polar surface area (TPSA) is 93.5 Å². The molecule has 3 rings (SSSR count). The Hall–Kier alpha value is -1.44. The van der Waals surface area contributed by atoms with E-state index in [2.05, 4.69) is 4.98 Å². The van der Waals surface area contributed by atoms with Gasteiger partial charge in [0.15, 0.2) is 6.23 Å². The van der Waals surface area contributed by atoms with Crippen LogP contribution in [0.15, 0.2) is 21.9 Å². The van der Waals surface area contributed by atoms with Gasteiger partial charge in [-0.3, -0.25) is 14.3 Å². The van der Waals surface area contributed by atoms with Crippen molar-refractivity contribution in [3.05, 3.63) is 33.1 Å². The van der Waals surface area contributed by atoms with E-state index in [1.54, 1.807) is 7.11 Å². The highest BCUT2D eigenvalue weighted by Crippen LogP contribution is 2.53. The molecule has 2 fully saturated rings. The smallest absolute Gasteiger partial charge is 0.330 e. The number of nitrogens with zero attached hydrogens (tertiary/aromatic N) is 1. The van der Waals surface area contributed by atoms with Crippen molar-refractivity contribution in [1.82, 2.24) is 9.55 Å². The Labute approximate surface area is 108 Å². The van der Waals surface area contributed by atoms with E-state index in [1.807, 2.05) is 0 Å². The van der Waals surface area contributed by atoms with Crippen LogP contribution in [-0.4, -0.2) is 40.6 Å². The third-order valence-electron chi connectivity index (χ3n) is 3.96. The number of hydrogen-bond acceptors (Lipinski definition) is 5. The number of aliphatic hydroxyl groups excluding tert-OH is 1. The van der Waals surface area contributed by atoms with E-state index in [0.29, 0.717) is 11.8 Å². The maximum Gasteiger partial charge on any atom is 0.330 e. The number of hydrogen-bond donors (Lipinski definition) is 2. The molecule has 1 aliphatic carbocycles. The lowest BCUT2D eigenvalue weighted by Gasteiger charge is -2.35. The first kappa shape index (κ1) is 12.6. The molecule has 5 atom stereocenters.